The Kier molecular flexibility index (Phi) is 6.14. The fraction of sp³-hybridized carbons (Fsp3) is 0.600. The molecule has 116 valence electrons. The van der Waals surface area contributed by atoms with Gasteiger partial charge in [-0.05, 0) is 43.4 Å². The summed E-state index contributed by atoms with van der Waals surface area (Å²) in [5.74, 6) is 0.837. The van der Waals surface area contributed by atoms with Gasteiger partial charge in [0.2, 0.25) is 0 Å². The second-order valence-corrected chi connectivity index (χ2v) is 6.56. The van der Waals surface area contributed by atoms with Crippen LogP contribution in [0.2, 0.25) is 0 Å². The number of hydrogen-bond acceptors (Lipinski definition) is 4. The van der Waals surface area contributed by atoms with Crippen molar-refractivity contribution in [2.75, 3.05) is 13.2 Å². The summed E-state index contributed by atoms with van der Waals surface area (Å²) in [6.45, 7) is 1.53. The Labute approximate surface area is 133 Å². The SMILES string of the molecule is O=[N+]([O-])c1cc(Br)ccc1CNCC1CCCCC1CO. The van der Waals surface area contributed by atoms with E-state index >= 15 is 0 Å². The number of aliphatic hydroxyl groups excluding tert-OH is 1. The van der Waals surface area contributed by atoms with Crippen molar-refractivity contribution >= 4 is 21.6 Å². The molecule has 6 heteroatoms. The number of halogens is 1. The lowest BCUT2D eigenvalue weighted by atomic mass is 9.79. The van der Waals surface area contributed by atoms with Gasteiger partial charge in [-0.15, -0.1) is 0 Å². The maximum Gasteiger partial charge on any atom is 0.275 e. The fourth-order valence-electron chi connectivity index (χ4n) is 3.04. The molecule has 1 aromatic carbocycles. The maximum atomic E-state index is 11.1. The average molecular weight is 357 g/mol. The molecule has 2 N–H and O–H groups in total. The van der Waals surface area contributed by atoms with Gasteiger partial charge in [0.05, 0.1) is 4.92 Å². The van der Waals surface area contributed by atoms with Gasteiger partial charge in [0.15, 0.2) is 0 Å². The monoisotopic (exact) mass is 356 g/mol. The molecule has 1 fully saturated rings. The number of aliphatic hydroxyl groups is 1. The average Bonchev–Trinajstić information content (AvgIpc) is 2.49. The van der Waals surface area contributed by atoms with Crippen LogP contribution in [0, 0.1) is 22.0 Å². The van der Waals surface area contributed by atoms with Crippen molar-refractivity contribution in [3.8, 4) is 0 Å². The predicted molar refractivity (Wildman–Crippen MR) is 85.0 cm³/mol. The van der Waals surface area contributed by atoms with E-state index < -0.39 is 0 Å². The van der Waals surface area contributed by atoms with Crippen molar-refractivity contribution < 1.29 is 10.0 Å². The summed E-state index contributed by atoms with van der Waals surface area (Å²) < 4.78 is 0.713. The highest BCUT2D eigenvalue weighted by atomic mass is 79.9. The molecule has 0 spiro atoms. The molecule has 0 saturated heterocycles. The predicted octanol–water partition coefficient (Wildman–Crippen LogP) is 3.25. The van der Waals surface area contributed by atoms with E-state index in [9.17, 15) is 15.2 Å². The summed E-state index contributed by atoms with van der Waals surface area (Å²) in [6, 6.07) is 5.13. The molecule has 1 aromatic rings. The molecule has 0 radical (unpaired) electrons. The molecule has 0 bridgehead atoms. The van der Waals surface area contributed by atoms with Crippen LogP contribution in [-0.2, 0) is 6.54 Å². The van der Waals surface area contributed by atoms with Gasteiger partial charge in [0.25, 0.3) is 5.69 Å². The van der Waals surface area contributed by atoms with E-state index in [1.807, 2.05) is 6.07 Å². The normalized spacial score (nSPS) is 22.2. The first-order valence-electron chi connectivity index (χ1n) is 7.36. The number of benzene rings is 1. The zero-order chi connectivity index (χ0) is 15.2. The standard InChI is InChI=1S/C15H21BrN2O3/c16-14-6-5-12(15(7-14)18(20)21)9-17-8-11-3-1-2-4-13(11)10-19/h5-7,11,13,17,19H,1-4,8-10H2. The van der Waals surface area contributed by atoms with Crippen molar-refractivity contribution in [1.29, 1.82) is 0 Å². The Morgan fingerprint density at radius 1 is 1.33 bits per heavy atom. The van der Waals surface area contributed by atoms with E-state index in [2.05, 4.69) is 21.2 Å². The van der Waals surface area contributed by atoms with Crippen molar-refractivity contribution in [2.45, 2.75) is 32.2 Å². The van der Waals surface area contributed by atoms with Gasteiger partial charge in [0.1, 0.15) is 0 Å². The quantitative estimate of drug-likeness (QED) is 0.605. The highest BCUT2D eigenvalue weighted by Gasteiger charge is 2.24. The fourth-order valence-corrected chi connectivity index (χ4v) is 3.39. The first kappa shape index (κ1) is 16.4. The summed E-state index contributed by atoms with van der Waals surface area (Å²) in [4.78, 5) is 10.7. The first-order chi connectivity index (χ1) is 10.1. The zero-order valence-corrected chi connectivity index (χ0v) is 13.5. The number of nitro benzene ring substituents is 1. The Balaban J connectivity index is 1.92. The van der Waals surface area contributed by atoms with Crippen LogP contribution in [0.25, 0.3) is 0 Å². The van der Waals surface area contributed by atoms with Crippen molar-refractivity contribution in [3.63, 3.8) is 0 Å². The third-order valence-electron chi connectivity index (χ3n) is 4.27. The summed E-state index contributed by atoms with van der Waals surface area (Å²) in [6.07, 6.45) is 4.61. The van der Waals surface area contributed by atoms with E-state index in [0.29, 0.717) is 28.4 Å². The number of rotatable bonds is 6. The maximum absolute atomic E-state index is 11.1. The van der Waals surface area contributed by atoms with Gasteiger partial charge in [-0.1, -0.05) is 28.8 Å². The highest BCUT2D eigenvalue weighted by Crippen LogP contribution is 2.29. The largest absolute Gasteiger partial charge is 0.396 e. The third kappa shape index (κ3) is 4.49. The lowest BCUT2D eigenvalue weighted by molar-refractivity contribution is -0.385. The molecule has 0 aromatic heterocycles. The summed E-state index contributed by atoms with van der Waals surface area (Å²) in [5, 5.41) is 23.8. The molecule has 2 rings (SSSR count). The van der Waals surface area contributed by atoms with Crippen LogP contribution in [0.15, 0.2) is 22.7 Å². The zero-order valence-electron chi connectivity index (χ0n) is 11.9. The van der Waals surface area contributed by atoms with Crippen LogP contribution in [-0.4, -0.2) is 23.2 Å². The van der Waals surface area contributed by atoms with Gasteiger partial charge in [-0.3, -0.25) is 10.1 Å². The number of nitrogens with zero attached hydrogens (tertiary/aromatic N) is 1. The second-order valence-electron chi connectivity index (χ2n) is 5.65. The Morgan fingerprint density at radius 3 is 2.71 bits per heavy atom. The molecule has 1 aliphatic rings. The molecular weight excluding hydrogens is 336 g/mol. The molecule has 0 aliphatic heterocycles. The topological polar surface area (TPSA) is 75.4 Å². The Hall–Kier alpha value is -0.980. The second kappa shape index (κ2) is 7.87. The first-order valence-corrected chi connectivity index (χ1v) is 8.15. The molecule has 21 heavy (non-hydrogen) atoms. The Morgan fingerprint density at radius 2 is 2.05 bits per heavy atom. The third-order valence-corrected chi connectivity index (χ3v) is 4.76. The van der Waals surface area contributed by atoms with Crippen LogP contribution in [0.4, 0.5) is 5.69 Å². The molecule has 1 saturated carbocycles. The minimum atomic E-state index is -0.348. The van der Waals surface area contributed by atoms with Crippen LogP contribution in [0.1, 0.15) is 31.2 Å². The Bertz CT molecular complexity index is 496. The van der Waals surface area contributed by atoms with Crippen LogP contribution in [0.5, 0.6) is 0 Å². The van der Waals surface area contributed by atoms with Crippen LogP contribution in [0.3, 0.4) is 0 Å². The van der Waals surface area contributed by atoms with Gasteiger partial charge in [-0.25, -0.2) is 0 Å². The van der Waals surface area contributed by atoms with Gasteiger partial charge in [-0.2, -0.15) is 0 Å². The molecule has 0 heterocycles. The van der Waals surface area contributed by atoms with Crippen LogP contribution < -0.4 is 5.32 Å². The smallest absolute Gasteiger partial charge is 0.275 e. The van der Waals surface area contributed by atoms with E-state index in [1.54, 1.807) is 6.07 Å². The van der Waals surface area contributed by atoms with Crippen molar-refractivity contribution in [2.24, 2.45) is 11.8 Å². The molecular formula is C15H21BrN2O3. The van der Waals surface area contributed by atoms with Gasteiger partial charge < -0.3 is 10.4 Å². The molecule has 5 nitrogen and oxygen atoms in total. The van der Waals surface area contributed by atoms with Gasteiger partial charge in [0, 0.05) is 29.3 Å². The van der Waals surface area contributed by atoms with E-state index in [0.717, 1.165) is 19.4 Å². The highest BCUT2D eigenvalue weighted by molar-refractivity contribution is 9.10. The number of nitrogens with one attached hydrogen (secondary N) is 1. The minimum Gasteiger partial charge on any atom is -0.396 e. The van der Waals surface area contributed by atoms with Crippen molar-refractivity contribution in [1.82, 2.24) is 5.32 Å². The summed E-state index contributed by atoms with van der Waals surface area (Å²) in [5.41, 5.74) is 0.832. The molecule has 2 unspecified atom stereocenters. The number of hydrogen-bond donors (Lipinski definition) is 2. The van der Waals surface area contributed by atoms with Crippen LogP contribution >= 0.6 is 15.9 Å². The lowest BCUT2D eigenvalue weighted by Crippen LogP contribution is -2.32. The minimum absolute atomic E-state index is 0.138. The van der Waals surface area contributed by atoms with E-state index in [4.69, 9.17) is 0 Å². The molecule has 2 atom stereocenters. The van der Waals surface area contributed by atoms with Crippen molar-refractivity contribution in [3.05, 3.63) is 38.3 Å². The lowest BCUT2D eigenvalue weighted by Gasteiger charge is -2.30. The summed E-state index contributed by atoms with van der Waals surface area (Å²) in [7, 11) is 0. The summed E-state index contributed by atoms with van der Waals surface area (Å²) >= 11 is 3.26. The van der Waals surface area contributed by atoms with Gasteiger partial charge >= 0.3 is 0 Å². The molecule has 1 aliphatic carbocycles. The van der Waals surface area contributed by atoms with E-state index in [1.165, 1.54) is 18.9 Å². The van der Waals surface area contributed by atoms with E-state index in [-0.39, 0.29) is 17.2 Å². The number of nitro groups is 1. The molecule has 0 amide bonds.